The molecule has 14 heteroatoms. The van der Waals surface area contributed by atoms with Crippen LogP contribution in [0.5, 0.6) is 0 Å². The van der Waals surface area contributed by atoms with Gasteiger partial charge in [-0.2, -0.15) is 17.4 Å². The zero-order valence-corrected chi connectivity index (χ0v) is 21.4. The molecular weight excluding hydrogens is 501 g/mol. The predicted molar refractivity (Wildman–Crippen MR) is 136 cm³/mol. The maximum absolute atomic E-state index is 14.5. The Morgan fingerprint density at radius 3 is 2.41 bits per heavy atom. The van der Waals surface area contributed by atoms with Crippen LogP contribution in [0, 0.1) is 5.82 Å². The van der Waals surface area contributed by atoms with Crippen molar-refractivity contribution in [1.29, 1.82) is 0 Å². The number of hydrogen-bond acceptors (Lipinski definition) is 8. The van der Waals surface area contributed by atoms with Crippen molar-refractivity contribution in [2.45, 2.75) is 56.7 Å². The Morgan fingerprint density at radius 2 is 1.73 bits per heavy atom. The van der Waals surface area contributed by atoms with Crippen molar-refractivity contribution < 1.29 is 17.6 Å². The number of pyridine rings is 1. The van der Waals surface area contributed by atoms with Crippen LogP contribution in [-0.2, 0) is 10.2 Å². The maximum atomic E-state index is 14.5. The molecule has 12 nitrogen and oxygen atoms in total. The van der Waals surface area contributed by atoms with Gasteiger partial charge in [-0.05, 0) is 56.7 Å². The van der Waals surface area contributed by atoms with Crippen molar-refractivity contribution in [3.05, 3.63) is 48.3 Å². The van der Waals surface area contributed by atoms with Crippen LogP contribution in [0.1, 0.15) is 49.0 Å². The summed E-state index contributed by atoms with van der Waals surface area (Å²) in [6, 6.07) is 5.08. The summed E-state index contributed by atoms with van der Waals surface area (Å²) in [7, 11) is -0.464. The summed E-state index contributed by atoms with van der Waals surface area (Å²) in [5, 5.41) is 9.18. The minimum absolute atomic E-state index is 0.0813. The quantitative estimate of drug-likeness (QED) is 0.355. The molecule has 0 saturated heterocycles. The normalized spacial score (nSPS) is 20.3. The van der Waals surface area contributed by atoms with Crippen molar-refractivity contribution in [3.63, 3.8) is 0 Å². The van der Waals surface area contributed by atoms with Gasteiger partial charge in [0.25, 0.3) is 16.1 Å². The number of carbonyl (C=O) groups is 1. The number of anilines is 2. The molecule has 3 aromatic heterocycles. The van der Waals surface area contributed by atoms with E-state index in [0.717, 1.165) is 31.9 Å². The second-order valence-corrected chi connectivity index (χ2v) is 11.5. The Morgan fingerprint density at radius 1 is 1.03 bits per heavy atom. The summed E-state index contributed by atoms with van der Waals surface area (Å²) in [6.45, 7) is 0. The van der Waals surface area contributed by atoms with Crippen LogP contribution < -0.4 is 20.5 Å². The number of hydrogen-bond donors (Lipinski definition) is 3. The van der Waals surface area contributed by atoms with Gasteiger partial charge in [-0.3, -0.25) is 9.78 Å². The summed E-state index contributed by atoms with van der Waals surface area (Å²) in [5.41, 5.74) is 3.84. The molecule has 0 aliphatic heterocycles. The van der Waals surface area contributed by atoms with Gasteiger partial charge in [-0.15, -0.1) is 5.10 Å². The Balaban J connectivity index is 1.31. The molecule has 2 fully saturated rings. The van der Waals surface area contributed by atoms with E-state index in [1.54, 1.807) is 12.1 Å². The van der Waals surface area contributed by atoms with E-state index in [4.69, 9.17) is 0 Å². The van der Waals surface area contributed by atoms with E-state index in [0.29, 0.717) is 24.3 Å². The lowest BCUT2D eigenvalue weighted by molar-refractivity contribution is 0.0965. The second kappa shape index (κ2) is 10.3. The molecule has 2 saturated carbocycles. The minimum Gasteiger partial charge on any atom is -0.366 e. The molecule has 0 radical (unpaired) electrons. The lowest BCUT2D eigenvalue weighted by Crippen LogP contribution is -2.45. The van der Waals surface area contributed by atoms with Crippen LogP contribution >= 0.6 is 0 Å². The highest BCUT2D eigenvalue weighted by Crippen LogP contribution is 2.26. The molecule has 2 aliphatic rings. The number of hydrazine groups is 1. The molecule has 5 rings (SSSR count). The van der Waals surface area contributed by atoms with Crippen LogP contribution in [0.15, 0.2) is 36.8 Å². The van der Waals surface area contributed by atoms with Crippen molar-refractivity contribution in [1.82, 2.24) is 34.0 Å². The van der Waals surface area contributed by atoms with Crippen molar-refractivity contribution >= 4 is 33.3 Å². The van der Waals surface area contributed by atoms with E-state index in [-0.39, 0.29) is 29.5 Å². The summed E-state index contributed by atoms with van der Waals surface area (Å²) in [6.07, 6.45) is 8.64. The summed E-state index contributed by atoms with van der Waals surface area (Å²) >= 11 is 0. The molecule has 2 aliphatic carbocycles. The molecule has 3 heterocycles. The van der Waals surface area contributed by atoms with Crippen LogP contribution in [0.2, 0.25) is 0 Å². The minimum atomic E-state index is -3.47. The van der Waals surface area contributed by atoms with E-state index in [9.17, 15) is 17.6 Å². The topological polar surface area (TPSA) is 137 Å². The highest BCUT2D eigenvalue weighted by molar-refractivity contribution is 7.87. The number of amides is 1. The van der Waals surface area contributed by atoms with Crippen molar-refractivity contribution in [3.8, 4) is 0 Å². The fourth-order valence-electron chi connectivity index (χ4n) is 4.27. The third kappa shape index (κ3) is 5.71. The zero-order chi connectivity index (χ0) is 26.2. The molecule has 198 valence electrons. The molecule has 0 aromatic carbocycles. The first-order valence-electron chi connectivity index (χ1n) is 12.2. The van der Waals surface area contributed by atoms with Crippen LogP contribution in [0.4, 0.5) is 15.9 Å². The molecule has 0 spiro atoms. The molecule has 3 N–H and O–H groups in total. The average Bonchev–Trinajstić information content (AvgIpc) is 3.60. The lowest BCUT2D eigenvalue weighted by Gasteiger charge is -2.30. The molecule has 3 aromatic rings. The fraction of sp³-hybridized carbons (Fsp3) is 0.478. The second-order valence-electron chi connectivity index (χ2n) is 9.60. The number of carbonyl (C=O) groups excluding carboxylic acids is 1. The summed E-state index contributed by atoms with van der Waals surface area (Å²) < 4.78 is 44.1. The summed E-state index contributed by atoms with van der Waals surface area (Å²) in [5.74, 6) is -0.534. The maximum Gasteiger partial charge on any atom is 0.293 e. The monoisotopic (exact) mass is 531 g/mol. The largest absolute Gasteiger partial charge is 0.366 e. The summed E-state index contributed by atoms with van der Waals surface area (Å²) in [4.78, 5) is 21.6. The first kappa shape index (κ1) is 25.4. The SMILES string of the molecule is CN(C)S(=O)(=O)N[C@H]1CC[C@H](Nc2ccc3ncc(C(=O)N(NC4CC4)c4ccncc4F)n3n2)CC1. The van der Waals surface area contributed by atoms with E-state index >= 15 is 0 Å². The van der Waals surface area contributed by atoms with E-state index < -0.39 is 21.9 Å². The number of fused-ring (bicyclic) bond motifs is 1. The number of nitrogens with one attached hydrogen (secondary N) is 3. The molecular formula is C23H30FN9O3S. The van der Waals surface area contributed by atoms with E-state index in [1.165, 1.54) is 46.4 Å². The first-order valence-corrected chi connectivity index (χ1v) is 13.7. The number of aromatic nitrogens is 4. The lowest BCUT2D eigenvalue weighted by atomic mass is 9.92. The van der Waals surface area contributed by atoms with Gasteiger partial charge in [0.2, 0.25) is 0 Å². The average molecular weight is 532 g/mol. The van der Waals surface area contributed by atoms with Crippen molar-refractivity contribution in [2.24, 2.45) is 0 Å². The molecule has 0 unspecified atom stereocenters. The molecule has 1 amide bonds. The fourth-order valence-corrected chi connectivity index (χ4v) is 5.14. The van der Waals surface area contributed by atoms with Gasteiger partial charge in [0.05, 0.1) is 18.1 Å². The number of imidazole rings is 1. The Bertz CT molecular complexity index is 1390. The van der Waals surface area contributed by atoms with Gasteiger partial charge in [0.1, 0.15) is 5.82 Å². The molecule has 0 atom stereocenters. The Kier molecular flexibility index (Phi) is 7.07. The Hall–Kier alpha value is -3.20. The van der Waals surface area contributed by atoms with Gasteiger partial charge in [-0.1, -0.05) is 0 Å². The zero-order valence-electron chi connectivity index (χ0n) is 20.6. The smallest absolute Gasteiger partial charge is 0.293 e. The van der Waals surface area contributed by atoms with E-state index in [1.807, 2.05) is 0 Å². The third-order valence-electron chi connectivity index (χ3n) is 6.54. The molecule has 37 heavy (non-hydrogen) atoms. The highest BCUT2D eigenvalue weighted by atomic mass is 32.2. The van der Waals surface area contributed by atoms with Gasteiger partial charge < -0.3 is 5.32 Å². The van der Waals surface area contributed by atoms with E-state index in [2.05, 4.69) is 30.5 Å². The van der Waals surface area contributed by atoms with Crippen LogP contribution in [0.25, 0.3) is 5.65 Å². The Labute approximate surface area is 214 Å². The highest BCUT2D eigenvalue weighted by Gasteiger charge is 2.31. The number of nitrogens with zero attached hydrogens (tertiary/aromatic N) is 6. The van der Waals surface area contributed by atoms with Gasteiger partial charge >= 0.3 is 0 Å². The van der Waals surface area contributed by atoms with Gasteiger partial charge in [0.15, 0.2) is 17.2 Å². The number of rotatable bonds is 9. The van der Waals surface area contributed by atoms with Gasteiger partial charge in [0, 0.05) is 38.4 Å². The number of halogens is 1. The van der Waals surface area contributed by atoms with Crippen LogP contribution in [0.3, 0.4) is 0 Å². The van der Waals surface area contributed by atoms with Crippen LogP contribution in [-0.4, -0.2) is 70.4 Å². The predicted octanol–water partition coefficient (Wildman–Crippen LogP) is 1.70. The third-order valence-corrected chi connectivity index (χ3v) is 8.13. The first-order chi connectivity index (χ1) is 17.7. The van der Waals surface area contributed by atoms with Crippen molar-refractivity contribution in [2.75, 3.05) is 24.4 Å². The standard InChI is InChI=1S/C23H30FN9O3S/c1-31(2)37(35,36)30-17-7-3-15(4-8-17)27-21-9-10-22-26-14-20(32(22)29-21)23(34)33(28-16-5-6-16)19-11-12-25-13-18(19)24/h9-17,28,30H,3-8H2,1-2H3,(H,27,29)/t15-,17-. The van der Waals surface area contributed by atoms with Gasteiger partial charge in [-0.25, -0.2) is 24.3 Å². The molecule has 0 bridgehead atoms.